The fraction of sp³-hybridized carbons (Fsp3) is 0.133. The summed E-state index contributed by atoms with van der Waals surface area (Å²) in [6, 6.07) is 11.9. The molecule has 2 N–H and O–H groups in total. The number of ether oxygens (including phenoxy) is 1. The fourth-order valence-electron chi connectivity index (χ4n) is 1.72. The molecule has 0 atom stereocenters. The van der Waals surface area contributed by atoms with Crippen molar-refractivity contribution in [2.24, 2.45) is 5.73 Å². The van der Waals surface area contributed by atoms with Gasteiger partial charge in [-0.15, -0.1) is 0 Å². The lowest BCUT2D eigenvalue weighted by Gasteiger charge is -2.09. The van der Waals surface area contributed by atoms with Gasteiger partial charge in [0.05, 0.1) is 0 Å². The maximum Gasteiger partial charge on any atom is 0.123 e. The minimum Gasteiger partial charge on any atom is -0.489 e. The van der Waals surface area contributed by atoms with E-state index in [1.807, 2.05) is 25.1 Å². The van der Waals surface area contributed by atoms with E-state index in [2.05, 4.69) is 0 Å². The Labute approximate surface area is 117 Å². The molecule has 2 nitrogen and oxygen atoms in total. The lowest BCUT2D eigenvalue weighted by atomic mass is 10.1. The average molecular weight is 275 g/mol. The van der Waals surface area contributed by atoms with Crippen molar-refractivity contribution >= 4 is 17.2 Å². The van der Waals surface area contributed by atoms with Gasteiger partial charge in [-0.25, -0.2) is 4.39 Å². The summed E-state index contributed by atoms with van der Waals surface area (Å²) in [6.07, 6.45) is 0. The second kappa shape index (κ2) is 5.80. The summed E-state index contributed by atoms with van der Waals surface area (Å²) in [5.41, 5.74) is 8.14. The van der Waals surface area contributed by atoms with Crippen molar-refractivity contribution in [3.05, 3.63) is 65.0 Å². The molecule has 0 bridgehead atoms. The van der Waals surface area contributed by atoms with Crippen LogP contribution in [0.5, 0.6) is 5.75 Å². The minimum atomic E-state index is -0.239. The third-order valence-electron chi connectivity index (χ3n) is 2.82. The maximum absolute atomic E-state index is 13.0. The maximum atomic E-state index is 13.0. The van der Waals surface area contributed by atoms with Crippen LogP contribution in [0.25, 0.3) is 0 Å². The van der Waals surface area contributed by atoms with Gasteiger partial charge in [-0.1, -0.05) is 30.4 Å². The molecule has 0 fully saturated rings. The van der Waals surface area contributed by atoms with Crippen LogP contribution in [0.3, 0.4) is 0 Å². The highest BCUT2D eigenvalue weighted by molar-refractivity contribution is 7.80. The summed E-state index contributed by atoms with van der Waals surface area (Å²) in [4.78, 5) is 0.336. The minimum absolute atomic E-state index is 0.239. The molecule has 4 heteroatoms. The first-order valence-corrected chi connectivity index (χ1v) is 6.25. The number of rotatable bonds is 4. The van der Waals surface area contributed by atoms with Crippen molar-refractivity contribution in [3.63, 3.8) is 0 Å². The molecular formula is C15H14FNOS. The number of hydrogen-bond donors (Lipinski definition) is 1. The van der Waals surface area contributed by atoms with Crippen LogP contribution in [0.2, 0.25) is 0 Å². The van der Waals surface area contributed by atoms with E-state index in [4.69, 9.17) is 22.7 Å². The van der Waals surface area contributed by atoms with Crippen molar-refractivity contribution in [2.75, 3.05) is 0 Å². The molecule has 0 aliphatic rings. The van der Waals surface area contributed by atoms with E-state index in [0.717, 1.165) is 16.7 Å². The summed E-state index contributed by atoms with van der Waals surface area (Å²) >= 11 is 4.91. The van der Waals surface area contributed by atoms with Gasteiger partial charge in [0.25, 0.3) is 0 Å². The predicted octanol–water partition coefficient (Wildman–Crippen LogP) is 3.35. The number of hydrogen-bond acceptors (Lipinski definition) is 2. The summed E-state index contributed by atoms with van der Waals surface area (Å²) in [7, 11) is 0. The number of benzene rings is 2. The van der Waals surface area contributed by atoms with E-state index in [0.29, 0.717) is 17.3 Å². The Hall–Kier alpha value is -1.94. The van der Waals surface area contributed by atoms with E-state index in [9.17, 15) is 4.39 Å². The molecule has 19 heavy (non-hydrogen) atoms. The standard InChI is InChI=1S/C15H14FNOS/c1-10-7-13(16)6-5-12(10)9-18-14-4-2-3-11(8-14)15(17)19/h2-8H,9H2,1H3,(H2,17,19). The summed E-state index contributed by atoms with van der Waals surface area (Å²) in [5, 5.41) is 0. The van der Waals surface area contributed by atoms with Crippen molar-refractivity contribution in [1.29, 1.82) is 0 Å². The summed E-state index contributed by atoms with van der Waals surface area (Å²) in [5.74, 6) is 0.450. The summed E-state index contributed by atoms with van der Waals surface area (Å²) in [6.45, 7) is 2.24. The number of halogens is 1. The van der Waals surface area contributed by atoms with Crippen LogP contribution in [-0.2, 0) is 6.61 Å². The van der Waals surface area contributed by atoms with Crippen molar-refractivity contribution in [2.45, 2.75) is 13.5 Å². The number of aryl methyl sites for hydroxylation is 1. The molecule has 0 unspecified atom stereocenters. The smallest absolute Gasteiger partial charge is 0.123 e. The molecule has 0 amide bonds. The van der Waals surface area contributed by atoms with Gasteiger partial charge in [0.2, 0.25) is 0 Å². The van der Waals surface area contributed by atoms with Gasteiger partial charge in [0.15, 0.2) is 0 Å². The normalized spacial score (nSPS) is 10.2. The zero-order valence-electron chi connectivity index (χ0n) is 10.5. The molecule has 0 aliphatic heterocycles. The molecule has 0 saturated carbocycles. The number of nitrogens with two attached hydrogens (primary N) is 1. The molecule has 0 spiro atoms. The van der Waals surface area contributed by atoms with Gasteiger partial charge in [-0.05, 0) is 42.3 Å². The van der Waals surface area contributed by atoms with Crippen molar-refractivity contribution in [3.8, 4) is 5.75 Å². The van der Waals surface area contributed by atoms with E-state index in [-0.39, 0.29) is 5.82 Å². The molecule has 0 aliphatic carbocycles. The molecule has 0 heterocycles. The van der Waals surface area contributed by atoms with Crippen LogP contribution in [0.15, 0.2) is 42.5 Å². The SMILES string of the molecule is Cc1cc(F)ccc1COc1cccc(C(N)=S)c1. The Morgan fingerprint density at radius 2 is 2.05 bits per heavy atom. The van der Waals surface area contributed by atoms with Crippen LogP contribution in [0, 0.1) is 12.7 Å². The quantitative estimate of drug-likeness (QED) is 0.869. The molecule has 98 valence electrons. The highest BCUT2D eigenvalue weighted by Gasteiger charge is 2.03. The van der Waals surface area contributed by atoms with Crippen LogP contribution in [-0.4, -0.2) is 4.99 Å². The predicted molar refractivity (Wildman–Crippen MR) is 77.8 cm³/mol. The van der Waals surface area contributed by atoms with E-state index in [1.54, 1.807) is 12.1 Å². The van der Waals surface area contributed by atoms with E-state index >= 15 is 0 Å². The molecule has 2 aromatic carbocycles. The third kappa shape index (κ3) is 3.51. The zero-order valence-corrected chi connectivity index (χ0v) is 11.3. The second-order valence-electron chi connectivity index (χ2n) is 4.25. The number of thiocarbonyl (C=S) groups is 1. The molecular weight excluding hydrogens is 261 g/mol. The van der Waals surface area contributed by atoms with Crippen LogP contribution in [0.1, 0.15) is 16.7 Å². The largest absolute Gasteiger partial charge is 0.489 e. The van der Waals surface area contributed by atoms with Crippen LogP contribution < -0.4 is 10.5 Å². The Morgan fingerprint density at radius 1 is 1.26 bits per heavy atom. The first kappa shape index (κ1) is 13.5. The fourth-order valence-corrected chi connectivity index (χ4v) is 1.85. The molecule has 0 saturated heterocycles. The zero-order chi connectivity index (χ0) is 13.8. The lowest BCUT2D eigenvalue weighted by Crippen LogP contribution is -2.09. The van der Waals surface area contributed by atoms with Crippen molar-refractivity contribution < 1.29 is 9.13 Å². The first-order valence-electron chi connectivity index (χ1n) is 5.84. The Morgan fingerprint density at radius 3 is 2.74 bits per heavy atom. The topological polar surface area (TPSA) is 35.2 Å². The van der Waals surface area contributed by atoms with Gasteiger partial charge in [0, 0.05) is 5.56 Å². The van der Waals surface area contributed by atoms with E-state index in [1.165, 1.54) is 12.1 Å². The first-order chi connectivity index (χ1) is 9.06. The highest BCUT2D eigenvalue weighted by atomic mass is 32.1. The van der Waals surface area contributed by atoms with Gasteiger partial charge in [-0.3, -0.25) is 0 Å². The molecule has 0 aromatic heterocycles. The van der Waals surface area contributed by atoms with E-state index < -0.39 is 0 Å². The Balaban J connectivity index is 2.10. The monoisotopic (exact) mass is 275 g/mol. The Bertz CT molecular complexity index is 613. The highest BCUT2D eigenvalue weighted by Crippen LogP contribution is 2.17. The van der Waals surface area contributed by atoms with Gasteiger partial charge < -0.3 is 10.5 Å². The van der Waals surface area contributed by atoms with Gasteiger partial charge in [0.1, 0.15) is 23.2 Å². The average Bonchev–Trinajstić information content (AvgIpc) is 2.38. The molecule has 0 radical (unpaired) electrons. The molecule has 2 rings (SSSR count). The molecule has 2 aromatic rings. The lowest BCUT2D eigenvalue weighted by molar-refractivity contribution is 0.305. The van der Waals surface area contributed by atoms with Gasteiger partial charge >= 0.3 is 0 Å². The third-order valence-corrected chi connectivity index (χ3v) is 3.05. The van der Waals surface area contributed by atoms with Gasteiger partial charge in [-0.2, -0.15) is 0 Å². The second-order valence-corrected chi connectivity index (χ2v) is 4.69. The van der Waals surface area contributed by atoms with Crippen molar-refractivity contribution in [1.82, 2.24) is 0 Å². The Kier molecular flexibility index (Phi) is 4.12. The van der Waals surface area contributed by atoms with Crippen LogP contribution >= 0.6 is 12.2 Å². The summed E-state index contributed by atoms with van der Waals surface area (Å²) < 4.78 is 18.6. The van der Waals surface area contributed by atoms with Crippen LogP contribution in [0.4, 0.5) is 4.39 Å².